The molecule has 2 rings (SSSR count). The molecule has 0 fully saturated rings. The quantitative estimate of drug-likeness (QED) is 0.921. The molecule has 0 atom stereocenters. The topological polar surface area (TPSA) is 47.7 Å². The maximum absolute atomic E-state index is 6.26. The second kappa shape index (κ2) is 5.97. The first kappa shape index (κ1) is 15.1. The van der Waals surface area contributed by atoms with E-state index in [2.05, 4.69) is 35.6 Å². The minimum Gasteiger partial charge on any atom is -0.310 e. The van der Waals surface area contributed by atoms with Crippen LogP contribution in [0.25, 0.3) is 0 Å². The van der Waals surface area contributed by atoms with Gasteiger partial charge in [-0.2, -0.15) is 10.2 Å². The molecule has 0 saturated heterocycles. The fourth-order valence-corrected chi connectivity index (χ4v) is 2.38. The van der Waals surface area contributed by atoms with Gasteiger partial charge < -0.3 is 5.32 Å². The van der Waals surface area contributed by atoms with Crippen LogP contribution in [0.2, 0.25) is 5.15 Å². The maximum Gasteiger partial charge on any atom is 0.132 e. The fourth-order valence-electron chi connectivity index (χ4n) is 2.14. The van der Waals surface area contributed by atoms with Gasteiger partial charge in [-0.3, -0.25) is 9.36 Å². The van der Waals surface area contributed by atoms with E-state index >= 15 is 0 Å². The molecule has 0 aliphatic carbocycles. The Labute approximate surface area is 124 Å². The van der Waals surface area contributed by atoms with Crippen molar-refractivity contribution in [2.24, 2.45) is 7.05 Å². The predicted octanol–water partition coefficient (Wildman–Crippen LogP) is 2.43. The lowest BCUT2D eigenvalue weighted by Gasteiger charge is -2.06. The van der Waals surface area contributed by atoms with Gasteiger partial charge >= 0.3 is 0 Å². The van der Waals surface area contributed by atoms with Crippen LogP contribution in [0.3, 0.4) is 0 Å². The zero-order valence-electron chi connectivity index (χ0n) is 12.7. The van der Waals surface area contributed by atoms with Gasteiger partial charge in [0, 0.05) is 37.0 Å². The molecule has 20 heavy (non-hydrogen) atoms. The van der Waals surface area contributed by atoms with E-state index in [4.69, 9.17) is 11.6 Å². The van der Waals surface area contributed by atoms with Gasteiger partial charge in [0.1, 0.15) is 5.15 Å². The van der Waals surface area contributed by atoms with Crippen molar-refractivity contribution >= 4 is 11.6 Å². The molecule has 0 unspecified atom stereocenters. The highest BCUT2D eigenvalue weighted by Gasteiger charge is 2.13. The normalized spacial score (nSPS) is 11.6. The Bertz CT molecular complexity index is 597. The van der Waals surface area contributed by atoms with Crippen LogP contribution < -0.4 is 5.32 Å². The Morgan fingerprint density at radius 3 is 2.50 bits per heavy atom. The van der Waals surface area contributed by atoms with Crippen LogP contribution in [-0.2, 0) is 20.1 Å². The third-order valence-electron chi connectivity index (χ3n) is 3.34. The lowest BCUT2D eigenvalue weighted by Crippen LogP contribution is -2.21. The molecule has 2 aromatic rings. The van der Waals surface area contributed by atoms with Crippen molar-refractivity contribution in [2.45, 2.75) is 46.8 Å². The van der Waals surface area contributed by atoms with Crippen LogP contribution in [0.15, 0.2) is 6.20 Å². The largest absolute Gasteiger partial charge is 0.310 e. The van der Waals surface area contributed by atoms with Crippen molar-refractivity contribution in [3.05, 3.63) is 33.9 Å². The van der Waals surface area contributed by atoms with E-state index in [1.54, 1.807) is 4.68 Å². The first-order chi connectivity index (χ1) is 9.38. The van der Waals surface area contributed by atoms with Gasteiger partial charge in [-0.25, -0.2) is 0 Å². The molecule has 2 aromatic heterocycles. The average Bonchev–Trinajstić information content (AvgIpc) is 2.82. The molecule has 0 amide bonds. The number of aryl methyl sites for hydroxylation is 3. The van der Waals surface area contributed by atoms with Gasteiger partial charge in [0.15, 0.2) is 0 Å². The van der Waals surface area contributed by atoms with Crippen molar-refractivity contribution < 1.29 is 0 Å². The zero-order chi connectivity index (χ0) is 14.9. The van der Waals surface area contributed by atoms with E-state index in [1.165, 1.54) is 5.56 Å². The van der Waals surface area contributed by atoms with E-state index in [-0.39, 0.29) is 0 Å². The molecule has 0 aliphatic rings. The summed E-state index contributed by atoms with van der Waals surface area (Å²) in [5.74, 6) is 0. The summed E-state index contributed by atoms with van der Waals surface area (Å²) in [6.07, 6.45) is 2.08. The highest BCUT2D eigenvalue weighted by molar-refractivity contribution is 6.30. The molecular weight excluding hydrogens is 274 g/mol. The third kappa shape index (κ3) is 3.22. The molecule has 0 bridgehead atoms. The van der Waals surface area contributed by atoms with Gasteiger partial charge in [0.05, 0.1) is 17.9 Å². The van der Waals surface area contributed by atoms with Crippen molar-refractivity contribution in [3.8, 4) is 0 Å². The first-order valence-corrected chi connectivity index (χ1v) is 7.20. The maximum atomic E-state index is 6.26. The first-order valence-electron chi connectivity index (χ1n) is 6.82. The molecule has 1 N–H and O–H groups in total. The van der Waals surface area contributed by atoms with Crippen LogP contribution in [0.4, 0.5) is 0 Å². The Morgan fingerprint density at radius 2 is 1.95 bits per heavy atom. The highest BCUT2D eigenvalue weighted by atomic mass is 35.5. The van der Waals surface area contributed by atoms with Gasteiger partial charge in [-0.05, 0) is 13.8 Å². The number of aromatic nitrogens is 4. The van der Waals surface area contributed by atoms with Crippen molar-refractivity contribution in [1.29, 1.82) is 0 Å². The second-order valence-corrected chi connectivity index (χ2v) is 5.81. The number of nitrogens with zero attached hydrogens (tertiary/aromatic N) is 4. The smallest absolute Gasteiger partial charge is 0.132 e. The van der Waals surface area contributed by atoms with Crippen LogP contribution >= 0.6 is 11.6 Å². The molecule has 0 spiro atoms. The standard InChI is InChI=1S/C14H22ClN5/c1-9(2)16-6-12-7-20(18-10(12)3)8-13-11(4)17-19(5)14(13)15/h7,9,16H,6,8H2,1-5H3. The summed E-state index contributed by atoms with van der Waals surface area (Å²) >= 11 is 6.26. The van der Waals surface area contributed by atoms with Crippen molar-refractivity contribution in [3.63, 3.8) is 0 Å². The van der Waals surface area contributed by atoms with Gasteiger partial charge in [0.25, 0.3) is 0 Å². The summed E-state index contributed by atoms with van der Waals surface area (Å²) in [7, 11) is 1.85. The summed E-state index contributed by atoms with van der Waals surface area (Å²) < 4.78 is 3.63. The zero-order valence-corrected chi connectivity index (χ0v) is 13.5. The molecule has 110 valence electrons. The summed E-state index contributed by atoms with van der Waals surface area (Å²) in [4.78, 5) is 0. The van der Waals surface area contributed by atoms with Crippen molar-refractivity contribution in [1.82, 2.24) is 24.9 Å². The monoisotopic (exact) mass is 295 g/mol. The van der Waals surface area contributed by atoms with Crippen molar-refractivity contribution in [2.75, 3.05) is 0 Å². The molecule has 0 aliphatic heterocycles. The van der Waals surface area contributed by atoms with Gasteiger partial charge in [0.2, 0.25) is 0 Å². The number of hydrogen-bond donors (Lipinski definition) is 1. The van der Waals surface area contributed by atoms with Crippen LogP contribution in [0, 0.1) is 13.8 Å². The highest BCUT2D eigenvalue weighted by Crippen LogP contribution is 2.20. The van der Waals surface area contributed by atoms with E-state index in [0.29, 0.717) is 17.7 Å². The lowest BCUT2D eigenvalue weighted by atomic mass is 10.2. The molecule has 2 heterocycles. The summed E-state index contributed by atoms with van der Waals surface area (Å²) in [5, 5.41) is 13.0. The Kier molecular flexibility index (Phi) is 4.50. The molecular formula is C14H22ClN5. The van der Waals surface area contributed by atoms with E-state index in [1.807, 2.05) is 25.6 Å². The minimum atomic E-state index is 0.466. The van der Waals surface area contributed by atoms with Gasteiger partial charge in [-0.1, -0.05) is 25.4 Å². The molecule has 0 aromatic carbocycles. The number of nitrogens with one attached hydrogen (secondary N) is 1. The third-order valence-corrected chi connectivity index (χ3v) is 3.81. The molecule has 5 nitrogen and oxygen atoms in total. The van der Waals surface area contributed by atoms with Crippen LogP contribution in [0.1, 0.15) is 36.4 Å². The molecule has 0 saturated carbocycles. The number of hydrogen-bond acceptors (Lipinski definition) is 3. The Balaban J connectivity index is 2.16. The summed E-state index contributed by atoms with van der Waals surface area (Å²) in [6, 6.07) is 0.466. The number of halogens is 1. The SMILES string of the molecule is Cc1nn(Cc2c(C)nn(C)c2Cl)cc1CNC(C)C. The molecule has 6 heteroatoms. The van der Waals surface area contributed by atoms with E-state index in [9.17, 15) is 0 Å². The average molecular weight is 296 g/mol. The number of rotatable bonds is 5. The van der Waals surface area contributed by atoms with Gasteiger partial charge in [-0.15, -0.1) is 0 Å². The summed E-state index contributed by atoms with van der Waals surface area (Å²) in [5.41, 5.74) is 4.25. The minimum absolute atomic E-state index is 0.466. The van der Waals surface area contributed by atoms with Crippen LogP contribution in [0.5, 0.6) is 0 Å². The fraction of sp³-hybridized carbons (Fsp3) is 0.571. The van der Waals surface area contributed by atoms with E-state index in [0.717, 1.165) is 23.5 Å². The second-order valence-electron chi connectivity index (χ2n) is 5.45. The van der Waals surface area contributed by atoms with Crippen LogP contribution in [-0.4, -0.2) is 25.6 Å². The lowest BCUT2D eigenvalue weighted by molar-refractivity contribution is 0.587. The Hall–Kier alpha value is -1.33. The summed E-state index contributed by atoms with van der Waals surface area (Å²) in [6.45, 7) is 9.77. The predicted molar refractivity (Wildman–Crippen MR) is 81.0 cm³/mol. The Morgan fingerprint density at radius 1 is 1.25 bits per heavy atom. The van der Waals surface area contributed by atoms with E-state index < -0.39 is 0 Å². The molecule has 0 radical (unpaired) electrons.